The average molecular weight is 260 g/mol. The Bertz CT molecular complexity index is 319. The van der Waals surface area contributed by atoms with Crippen LogP contribution < -0.4 is 0 Å². The fourth-order valence-electron chi connectivity index (χ4n) is 1.31. The Hall–Kier alpha value is -0.190. The highest BCUT2D eigenvalue weighted by Gasteiger charge is 2.19. The van der Waals surface area contributed by atoms with Gasteiger partial charge in [-0.2, -0.15) is 11.3 Å². The second kappa shape index (κ2) is 3.90. The fraction of sp³-hybridized carbons (Fsp3) is 0.444. The van der Waals surface area contributed by atoms with Crippen LogP contribution in [0.15, 0.2) is 15.2 Å². The maximum atomic E-state index is 11.7. The van der Waals surface area contributed by atoms with Gasteiger partial charge in [-0.05, 0) is 35.4 Å². The molecule has 0 spiro atoms. The van der Waals surface area contributed by atoms with Gasteiger partial charge < -0.3 is 0 Å². The largest absolute Gasteiger partial charge is 0.296 e. The van der Waals surface area contributed by atoms with Gasteiger partial charge in [-0.25, -0.2) is 0 Å². The maximum Gasteiger partial charge on any atom is 0.178 e. The Balaban J connectivity index is 2.00. The number of thiophene rings is 1. The van der Waals surface area contributed by atoms with Crippen LogP contribution in [0.25, 0.3) is 0 Å². The summed E-state index contributed by atoms with van der Waals surface area (Å²) in [5.74, 6) is 0.229. The number of hydrogen-bond acceptors (Lipinski definition) is 3. The van der Waals surface area contributed by atoms with Gasteiger partial charge in [0.25, 0.3) is 0 Å². The first-order chi connectivity index (χ1) is 6.27. The van der Waals surface area contributed by atoms with E-state index in [0.29, 0.717) is 6.54 Å². The summed E-state index contributed by atoms with van der Waals surface area (Å²) in [5.41, 5.74) is 0.830. The van der Waals surface area contributed by atoms with Crippen molar-refractivity contribution in [2.45, 2.75) is 6.42 Å². The number of hydrogen-bond donors (Lipinski definition) is 0. The molecule has 2 nitrogen and oxygen atoms in total. The van der Waals surface area contributed by atoms with E-state index in [2.05, 4.69) is 20.8 Å². The van der Waals surface area contributed by atoms with E-state index in [0.717, 1.165) is 23.1 Å². The van der Waals surface area contributed by atoms with E-state index in [4.69, 9.17) is 0 Å². The first kappa shape index (κ1) is 9.37. The SMILES string of the molecule is O=C(CN1CCC1)c1cscc1Br. The normalized spacial score (nSPS) is 17.0. The van der Waals surface area contributed by atoms with Crippen LogP contribution in [0.4, 0.5) is 0 Å². The Labute approximate surface area is 89.7 Å². The predicted octanol–water partition coefficient (Wildman–Crippen LogP) is 2.40. The minimum atomic E-state index is 0.229. The molecule has 2 rings (SSSR count). The van der Waals surface area contributed by atoms with Crippen LogP contribution in [-0.2, 0) is 0 Å². The van der Waals surface area contributed by atoms with Crippen molar-refractivity contribution in [1.29, 1.82) is 0 Å². The van der Waals surface area contributed by atoms with E-state index >= 15 is 0 Å². The number of rotatable bonds is 3. The van der Waals surface area contributed by atoms with Gasteiger partial charge in [0.15, 0.2) is 5.78 Å². The Kier molecular flexibility index (Phi) is 2.81. The predicted molar refractivity (Wildman–Crippen MR) is 57.4 cm³/mol. The lowest BCUT2D eigenvalue weighted by Gasteiger charge is -2.29. The molecule has 2 heterocycles. The van der Waals surface area contributed by atoms with E-state index in [1.807, 2.05) is 10.8 Å². The second-order valence-corrected chi connectivity index (χ2v) is 4.78. The molecular weight excluding hydrogens is 250 g/mol. The molecule has 0 radical (unpaired) electrons. The van der Waals surface area contributed by atoms with Crippen molar-refractivity contribution in [3.8, 4) is 0 Å². The van der Waals surface area contributed by atoms with Gasteiger partial charge in [-0.1, -0.05) is 0 Å². The quantitative estimate of drug-likeness (QED) is 0.778. The highest BCUT2D eigenvalue weighted by molar-refractivity contribution is 9.10. The van der Waals surface area contributed by atoms with E-state index in [1.165, 1.54) is 6.42 Å². The molecule has 0 unspecified atom stereocenters. The highest BCUT2D eigenvalue weighted by atomic mass is 79.9. The Morgan fingerprint density at radius 3 is 2.77 bits per heavy atom. The van der Waals surface area contributed by atoms with E-state index in [-0.39, 0.29) is 5.78 Å². The molecule has 70 valence electrons. The number of carbonyl (C=O) groups excluding carboxylic acids is 1. The van der Waals surface area contributed by atoms with Gasteiger partial charge in [0.05, 0.1) is 6.54 Å². The van der Waals surface area contributed by atoms with Gasteiger partial charge >= 0.3 is 0 Å². The van der Waals surface area contributed by atoms with E-state index < -0.39 is 0 Å². The smallest absolute Gasteiger partial charge is 0.178 e. The fourth-order valence-corrected chi connectivity index (χ4v) is 2.83. The minimum Gasteiger partial charge on any atom is -0.296 e. The first-order valence-electron chi connectivity index (χ1n) is 4.24. The van der Waals surface area contributed by atoms with Crippen LogP contribution in [0.3, 0.4) is 0 Å². The van der Waals surface area contributed by atoms with Crippen molar-refractivity contribution < 1.29 is 4.79 Å². The van der Waals surface area contributed by atoms with Crippen LogP contribution in [0, 0.1) is 0 Å². The molecule has 13 heavy (non-hydrogen) atoms. The van der Waals surface area contributed by atoms with Crippen molar-refractivity contribution in [2.75, 3.05) is 19.6 Å². The monoisotopic (exact) mass is 259 g/mol. The van der Waals surface area contributed by atoms with Crippen LogP contribution in [0.2, 0.25) is 0 Å². The van der Waals surface area contributed by atoms with Gasteiger partial charge in [-0.15, -0.1) is 0 Å². The molecule has 0 bridgehead atoms. The summed E-state index contributed by atoms with van der Waals surface area (Å²) in [6, 6.07) is 0. The molecule has 1 aromatic rings. The van der Waals surface area contributed by atoms with Crippen LogP contribution in [-0.4, -0.2) is 30.3 Å². The summed E-state index contributed by atoms with van der Waals surface area (Å²) in [6.07, 6.45) is 1.23. The molecular formula is C9H10BrNOS. The third-order valence-electron chi connectivity index (χ3n) is 2.23. The lowest BCUT2D eigenvalue weighted by atomic mass is 10.1. The lowest BCUT2D eigenvalue weighted by molar-refractivity contribution is 0.0875. The van der Waals surface area contributed by atoms with Crippen LogP contribution in [0.1, 0.15) is 16.8 Å². The van der Waals surface area contributed by atoms with Crippen molar-refractivity contribution in [1.82, 2.24) is 4.90 Å². The van der Waals surface area contributed by atoms with Crippen molar-refractivity contribution in [3.05, 3.63) is 20.8 Å². The number of nitrogens with zero attached hydrogens (tertiary/aromatic N) is 1. The average Bonchev–Trinajstić information content (AvgIpc) is 2.43. The Morgan fingerprint density at radius 2 is 2.31 bits per heavy atom. The minimum absolute atomic E-state index is 0.229. The number of likely N-dealkylation sites (tertiary alicyclic amines) is 1. The summed E-state index contributed by atoms with van der Waals surface area (Å²) in [7, 11) is 0. The molecule has 0 amide bonds. The van der Waals surface area contributed by atoms with Crippen molar-refractivity contribution >= 4 is 33.0 Å². The molecule has 0 aromatic carbocycles. The van der Waals surface area contributed by atoms with Crippen molar-refractivity contribution in [2.24, 2.45) is 0 Å². The molecule has 1 aliphatic heterocycles. The lowest BCUT2D eigenvalue weighted by Crippen LogP contribution is -2.40. The van der Waals surface area contributed by atoms with Crippen LogP contribution in [0.5, 0.6) is 0 Å². The molecule has 0 N–H and O–H groups in total. The number of halogens is 1. The van der Waals surface area contributed by atoms with Gasteiger partial charge in [0.1, 0.15) is 0 Å². The summed E-state index contributed by atoms with van der Waals surface area (Å²) < 4.78 is 0.933. The number of carbonyl (C=O) groups is 1. The molecule has 0 atom stereocenters. The molecule has 1 aromatic heterocycles. The number of Topliss-reactive ketones (excluding diaryl/α,β-unsaturated/α-hetero) is 1. The molecule has 0 saturated carbocycles. The molecule has 4 heteroatoms. The Morgan fingerprint density at radius 1 is 1.54 bits per heavy atom. The molecule has 1 fully saturated rings. The summed E-state index contributed by atoms with van der Waals surface area (Å²) >= 11 is 4.93. The van der Waals surface area contributed by atoms with Crippen LogP contribution >= 0.6 is 27.3 Å². The standard InChI is InChI=1S/C9H10BrNOS/c10-8-6-13-5-7(8)9(12)4-11-2-1-3-11/h5-6H,1-4H2. The number of ketones is 1. The summed E-state index contributed by atoms with van der Waals surface area (Å²) in [6.45, 7) is 2.73. The molecule has 0 aliphatic carbocycles. The first-order valence-corrected chi connectivity index (χ1v) is 5.98. The zero-order valence-corrected chi connectivity index (χ0v) is 9.53. The van der Waals surface area contributed by atoms with Gasteiger partial charge in [0, 0.05) is 20.8 Å². The topological polar surface area (TPSA) is 20.3 Å². The third-order valence-corrected chi connectivity index (χ3v) is 3.93. The second-order valence-electron chi connectivity index (χ2n) is 3.19. The van der Waals surface area contributed by atoms with Gasteiger partial charge in [-0.3, -0.25) is 9.69 Å². The maximum absolute atomic E-state index is 11.7. The van der Waals surface area contributed by atoms with Crippen molar-refractivity contribution in [3.63, 3.8) is 0 Å². The summed E-state index contributed by atoms with van der Waals surface area (Å²) in [4.78, 5) is 13.8. The molecule has 1 aliphatic rings. The van der Waals surface area contributed by atoms with E-state index in [9.17, 15) is 4.79 Å². The molecule has 1 saturated heterocycles. The zero-order valence-electron chi connectivity index (χ0n) is 7.12. The summed E-state index contributed by atoms with van der Waals surface area (Å²) in [5, 5.41) is 3.86. The zero-order chi connectivity index (χ0) is 9.26. The van der Waals surface area contributed by atoms with E-state index in [1.54, 1.807) is 11.3 Å². The third kappa shape index (κ3) is 2.00. The highest BCUT2D eigenvalue weighted by Crippen LogP contribution is 2.22. The van der Waals surface area contributed by atoms with Gasteiger partial charge in [0.2, 0.25) is 0 Å².